The first-order valence-electron chi connectivity index (χ1n) is 6.08. The molecule has 0 rings (SSSR count). The molecule has 2 atom stereocenters. The van der Waals surface area contributed by atoms with Crippen LogP contribution in [-0.2, 0) is 4.74 Å². The molecular formula is C12H28N2O. The smallest absolute Gasteiger partial charge is 0.0615 e. The fourth-order valence-electron chi connectivity index (χ4n) is 1.79. The van der Waals surface area contributed by atoms with E-state index in [1.807, 2.05) is 0 Å². The van der Waals surface area contributed by atoms with E-state index < -0.39 is 0 Å². The van der Waals surface area contributed by atoms with Gasteiger partial charge in [0.2, 0.25) is 0 Å². The lowest BCUT2D eigenvalue weighted by molar-refractivity contribution is 0.108. The van der Waals surface area contributed by atoms with Gasteiger partial charge in [-0.15, -0.1) is 0 Å². The van der Waals surface area contributed by atoms with E-state index in [-0.39, 0.29) is 0 Å². The van der Waals surface area contributed by atoms with Gasteiger partial charge in [0.05, 0.1) is 6.61 Å². The average molecular weight is 216 g/mol. The van der Waals surface area contributed by atoms with Crippen molar-refractivity contribution >= 4 is 0 Å². The largest absolute Gasteiger partial charge is 0.383 e. The summed E-state index contributed by atoms with van der Waals surface area (Å²) >= 11 is 0. The second kappa shape index (κ2) is 9.13. The molecule has 0 aliphatic rings. The van der Waals surface area contributed by atoms with Crippen LogP contribution in [0.25, 0.3) is 0 Å². The van der Waals surface area contributed by atoms with Gasteiger partial charge in [-0.25, -0.2) is 0 Å². The normalized spacial score (nSPS) is 15.6. The zero-order chi connectivity index (χ0) is 11.7. The number of likely N-dealkylation sites (N-methyl/N-ethyl adjacent to an activating group) is 2. The van der Waals surface area contributed by atoms with Crippen LogP contribution in [0.3, 0.4) is 0 Å². The fraction of sp³-hybridized carbons (Fsp3) is 1.00. The van der Waals surface area contributed by atoms with Gasteiger partial charge in [0.15, 0.2) is 0 Å². The first-order chi connectivity index (χ1) is 7.15. The molecule has 0 bridgehead atoms. The summed E-state index contributed by atoms with van der Waals surface area (Å²) in [7, 11) is 3.93. The van der Waals surface area contributed by atoms with Gasteiger partial charge in [-0.05, 0) is 26.9 Å². The van der Waals surface area contributed by atoms with E-state index in [1.165, 1.54) is 12.8 Å². The second-order valence-electron chi connectivity index (χ2n) is 4.29. The lowest BCUT2D eigenvalue weighted by Crippen LogP contribution is -2.44. The zero-order valence-electron chi connectivity index (χ0n) is 11.0. The molecule has 3 nitrogen and oxygen atoms in total. The van der Waals surface area contributed by atoms with Crippen LogP contribution in [-0.4, -0.2) is 50.8 Å². The van der Waals surface area contributed by atoms with Crippen molar-refractivity contribution in [3.05, 3.63) is 0 Å². The van der Waals surface area contributed by atoms with Crippen molar-refractivity contribution in [1.82, 2.24) is 10.2 Å². The van der Waals surface area contributed by atoms with Crippen LogP contribution >= 0.6 is 0 Å². The van der Waals surface area contributed by atoms with E-state index in [0.29, 0.717) is 12.1 Å². The quantitative estimate of drug-likeness (QED) is 0.635. The molecule has 0 spiro atoms. The number of rotatable bonds is 9. The minimum atomic E-state index is 0.494. The molecule has 2 unspecified atom stereocenters. The molecule has 0 heterocycles. The van der Waals surface area contributed by atoms with Gasteiger partial charge >= 0.3 is 0 Å². The topological polar surface area (TPSA) is 24.5 Å². The number of ether oxygens (including phenoxy) is 1. The van der Waals surface area contributed by atoms with Crippen LogP contribution in [0, 0.1) is 0 Å². The van der Waals surface area contributed by atoms with Crippen molar-refractivity contribution in [1.29, 1.82) is 0 Å². The van der Waals surface area contributed by atoms with Crippen molar-refractivity contribution in [2.75, 3.05) is 33.9 Å². The van der Waals surface area contributed by atoms with E-state index >= 15 is 0 Å². The van der Waals surface area contributed by atoms with Crippen LogP contribution in [0.2, 0.25) is 0 Å². The first kappa shape index (κ1) is 14.9. The lowest BCUT2D eigenvalue weighted by Gasteiger charge is -2.29. The molecule has 1 N–H and O–H groups in total. The first-order valence-corrected chi connectivity index (χ1v) is 6.08. The Hall–Kier alpha value is -0.120. The Morgan fingerprint density at radius 2 is 2.00 bits per heavy atom. The minimum Gasteiger partial charge on any atom is -0.383 e. The van der Waals surface area contributed by atoms with Crippen LogP contribution in [0.1, 0.15) is 33.6 Å². The summed E-state index contributed by atoms with van der Waals surface area (Å²) in [6.07, 6.45) is 2.49. The molecule has 0 saturated carbocycles. The van der Waals surface area contributed by atoms with E-state index in [0.717, 1.165) is 19.7 Å². The molecule has 0 saturated heterocycles. The maximum absolute atomic E-state index is 5.16. The highest BCUT2D eigenvalue weighted by atomic mass is 16.5. The van der Waals surface area contributed by atoms with Crippen molar-refractivity contribution in [2.45, 2.75) is 45.7 Å². The number of methoxy groups -OCH3 is 1. The molecule has 0 amide bonds. The SMILES string of the molecule is CCCC(CN(C)C(C)COC)NCC. The van der Waals surface area contributed by atoms with Gasteiger partial charge in [0.25, 0.3) is 0 Å². The van der Waals surface area contributed by atoms with E-state index in [4.69, 9.17) is 4.74 Å². The fourth-order valence-corrected chi connectivity index (χ4v) is 1.79. The second-order valence-corrected chi connectivity index (χ2v) is 4.29. The minimum absolute atomic E-state index is 0.494. The number of nitrogens with zero attached hydrogens (tertiary/aromatic N) is 1. The summed E-state index contributed by atoms with van der Waals surface area (Å²) in [6.45, 7) is 9.58. The van der Waals surface area contributed by atoms with Gasteiger partial charge in [-0.1, -0.05) is 20.3 Å². The molecule has 0 aromatic carbocycles. The summed E-state index contributed by atoms with van der Waals surface area (Å²) in [5.41, 5.74) is 0. The Labute approximate surface area is 95.2 Å². The zero-order valence-corrected chi connectivity index (χ0v) is 11.0. The van der Waals surface area contributed by atoms with Crippen molar-refractivity contribution in [2.24, 2.45) is 0 Å². The van der Waals surface area contributed by atoms with Gasteiger partial charge < -0.3 is 10.1 Å². The lowest BCUT2D eigenvalue weighted by atomic mass is 10.1. The Bertz CT molecular complexity index is 136. The summed E-state index contributed by atoms with van der Waals surface area (Å²) < 4.78 is 5.16. The third-order valence-electron chi connectivity index (χ3n) is 2.80. The van der Waals surface area contributed by atoms with E-state index in [1.54, 1.807) is 7.11 Å². The molecular weight excluding hydrogens is 188 g/mol. The molecule has 15 heavy (non-hydrogen) atoms. The maximum Gasteiger partial charge on any atom is 0.0615 e. The third-order valence-corrected chi connectivity index (χ3v) is 2.80. The summed E-state index contributed by atoms with van der Waals surface area (Å²) in [6, 6.07) is 1.11. The summed E-state index contributed by atoms with van der Waals surface area (Å²) in [5.74, 6) is 0. The van der Waals surface area contributed by atoms with Crippen molar-refractivity contribution in [3.8, 4) is 0 Å². The Morgan fingerprint density at radius 3 is 2.47 bits per heavy atom. The van der Waals surface area contributed by atoms with E-state index in [9.17, 15) is 0 Å². The Morgan fingerprint density at radius 1 is 1.33 bits per heavy atom. The highest BCUT2D eigenvalue weighted by Gasteiger charge is 2.13. The molecule has 0 aliphatic carbocycles. The number of hydrogen-bond acceptors (Lipinski definition) is 3. The van der Waals surface area contributed by atoms with Crippen LogP contribution in [0.5, 0.6) is 0 Å². The predicted octanol–water partition coefficient (Wildman–Crippen LogP) is 1.73. The van der Waals surface area contributed by atoms with Crippen molar-refractivity contribution in [3.63, 3.8) is 0 Å². The molecule has 0 aliphatic heterocycles. The number of hydrogen-bond donors (Lipinski definition) is 1. The van der Waals surface area contributed by atoms with Gasteiger partial charge in [0.1, 0.15) is 0 Å². The number of nitrogens with one attached hydrogen (secondary N) is 1. The molecule has 0 aromatic rings. The van der Waals surface area contributed by atoms with E-state index in [2.05, 4.69) is 38.0 Å². The standard InChI is InChI=1S/C12H28N2O/c1-6-8-12(13-7-2)9-14(4)11(3)10-15-5/h11-13H,6-10H2,1-5H3. The summed E-state index contributed by atoms with van der Waals surface area (Å²) in [4.78, 5) is 2.37. The van der Waals surface area contributed by atoms with Crippen LogP contribution < -0.4 is 5.32 Å². The maximum atomic E-state index is 5.16. The van der Waals surface area contributed by atoms with Crippen molar-refractivity contribution < 1.29 is 4.74 Å². The highest BCUT2D eigenvalue weighted by molar-refractivity contribution is 4.72. The van der Waals surface area contributed by atoms with Gasteiger partial charge in [0, 0.05) is 25.7 Å². The monoisotopic (exact) mass is 216 g/mol. The molecule has 0 aromatic heterocycles. The molecule has 0 fully saturated rings. The third kappa shape index (κ3) is 6.88. The molecule has 3 heteroatoms. The van der Waals surface area contributed by atoms with Crippen LogP contribution in [0.4, 0.5) is 0 Å². The Kier molecular flexibility index (Phi) is 9.06. The molecule has 92 valence electrons. The predicted molar refractivity (Wildman–Crippen MR) is 66.3 cm³/mol. The van der Waals surface area contributed by atoms with Gasteiger partial charge in [-0.3, -0.25) is 4.90 Å². The summed E-state index contributed by atoms with van der Waals surface area (Å²) in [5, 5.41) is 3.53. The average Bonchev–Trinajstić information content (AvgIpc) is 2.18. The molecule has 0 radical (unpaired) electrons. The highest BCUT2D eigenvalue weighted by Crippen LogP contribution is 2.02. The Balaban J connectivity index is 3.91. The van der Waals surface area contributed by atoms with Gasteiger partial charge in [-0.2, -0.15) is 0 Å². The van der Waals surface area contributed by atoms with Crippen LogP contribution in [0.15, 0.2) is 0 Å².